The number of nitro benzene ring substituents is 2. The molecule has 12 nitrogen and oxygen atoms in total. The number of non-ortho nitro benzene ring substituents is 1. The summed E-state index contributed by atoms with van der Waals surface area (Å²) in [7, 11) is 0. The molecule has 1 atom stereocenters. The van der Waals surface area contributed by atoms with Crippen LogP contribution in [-0.4, -0.2) is 37.5 Å². The Balaban J connectivity index is 1.99. The second kappa shape index (κ2) is 5.99. The molecule has 3 rings (SSSR count). The van der Waals surface area contributed by atoms with Crippen molar-refractivity contribution < 1.29 is 24.2 Å². The molecule has 0 bridgehead atoms. The molecule has 1 N–H and O–H groups in total. The number of cyclic esters (lactones) is 2. The Kier molecular flexibility index (Phi) is 3.85. The van der Waals surface area contributed by atoms with Crippen LogP contribution in [0.25, 0.3) is 5.69 Å². The predicted molar refractivity (Wildman–Crippen MR) is 79.0 cm³/mol. The lowest BCUT2D eigenvalue weighted by atomic mass is 10.1. The zero-order valence-corrected chi connectivity index (χ0v) is 12.3. The van der Waals surface area contributed by atoms with E-state index in [1.807, 2.05) is 0 Å². The van der Waals surface area contributed by atoms with Crippen LogP contribution in [0.5, 0.6) is 0 Å². The molecule has 1 fully saturated rings. The first-order valence-corrected chi connectivity index (χ1v) is 6.83. The zero-order valence-electron chi connectivity index (χ0n) is 12.3. The van der Waals surface area contributed by atoms with E-state index in [-0.39, 0.29) is 12.1 Å². The van der Waals surface area contributed by atoms with Crippen LogP contribution in [0.4, 0.5) is 16.2 Å². The van der Waals surface area contributed by atoms with Crippen LogP contribution in [0.1, 0.15) is 5.69 Å². The third kappa shape index (κ3) is 2.99. The van der Waals surface area contributed by atoms with E-state index in [0.717, 1.165) is 12.1 Å². The number of ether oxygens (including phenoxy) is 1. The first kappa shape index (κ1) is 16.0. The van der Waals surface area contributed by atoms with E-state index in [2.05, 4.69) is 15.0 Å². The molecule has 128 valence electrons. The SMILES string of the molecule is O=C1N[C@@H](Cc2cncn2-c2ccc([N+](=O)[O-])cc2[N+](=O)[O-])C(=O)O1. The number of nitrogens with zero attached hydrogens (tertiary/aromatic N) is 4. The number of benzene rings is 1. The highest BCUT2D eigenvalue weighted by Crippen LogP contribution is 2.29. The molecule has 1 saturated heterocycles. The van der Waals surface area contributed by atoms with Gasteiger partial charge in [0.2, 0.25) is 0 Å². The minimum Gasteiger partial charge on any atom is -0.375 e. The molecule has 12 heteroatoms. The molecule has 1 aromatic heterocycles. The van der Waals surface area contributed by atoms with Crippen LogP contribution in [0.3, 0.4) is 0 Å². The number of hydrogen-bond donors (Lipinski definition) is 1. The summed E-state index contributed by atoms with van der Waals surface area (Å²) < 4.78 is 5.69. The molecule has 0 saturated carbocycles. The van der Waals surface area contributed by atoms with E-state index < -0.39 is 39.3 Å². The predicted octanol–water partition coefficient (Wildman–Crippen LogP) is 0.866. The summed E-state index contributed by atoms with van der Waals surface area (Å²) in [6.07, 6.45) is 1.75. The maximum atomic E-state index is 11.5. The Morgan fingerprint density at radius 1 is 1.24 bits per heavy atom. The normalized spacial score (nSPS) is 16.4. The number of amides is 1. The monoisotopic (exact) mass is 347 g/mol. The lowest BCUT2D eigenvalue weighted by Gasteiger charge is -2.10. The quantitative estimate of drug-likeness (QED) is 0.361. The fraction of sp³-hybridized carbons (Fsp3) is 0.154. The van der Waals surface area contributed by atoms with E-state index >= 15 is 0 Å². The average molecular weight is 347 g/mol. The summed E-state index contributed by atoms with van der Waals surface area (Å²) in [6.45, 7) is 0. The van der Waals surface area contributed by atoms with Crippen molar-refractivity contribution in [1.29, 1.82) is 0 Å². The van der Waals surface area contributed by atoms with Gasteiger partial charge in [-0.25, -0.2) is 14.6 Å². The minimum atomic E-state index is -0.944. The summed E-state index contributed by atoms with van der Waals surface area (Å²) in [4.78, 5) is 47.1. The Morgan fingerprint density at radius 3 is 2.60 bits per heavy atom. The maximum absolute atomic E-state index is 11.5. The molecule has 2 heterocycles. The van der Waals surface area contributed by atoms with Crippen molar-refractivity contribution in [2.75, 3.05) is 0 Å². The van der Waals surface area contributed by atoms with Crippen LogP contribution >= 0.6 is 0 Å². The molecule has 1 amide bonds. The number of imidazole rings is 1. The second-order valence-corrected chi connectivity index (χ2v) is 5.05. The summed E-state index contributed by atoms with van der Waals surface area (Å²) >= 11 is 0. The molecule has 0 aliphatic carbocycles. The molecule has 1 aliphatic rings. The van der Waals surface area contributed by atoms with Crippen molar-refractivity contribution in [1.82, 2.24) is 14.9 Å². The van der Waals surface area contributed by atoms with Gasteiger partial charge >= 0.3 is 12.1 Å². The van der Waals surface area contributed by atoms with Gasteiger partial charge in [0.05, 0.1) is 22.2 Å². The molecular weight excluding hydrogens is 338 g/mol. The van der Waals surface area contributed by atoms with Gasteiger partial charge in [-0.3, -0.25) is 24.8 Å². The van der Waals surface area contributed by atoms with Crippen molar-refractivity contribution in [3.63, 3.8) is 0 Å². The lowest BCUT2D eigenvalue weighted by Crippen LogP contribution is -2.31. The van der Waals surface area contributed by atoms with Gasteiger partial charge in [-0.15, -0.1) is 0 Å². The molecule has 1 aromatic carbocycles. The topological polar surface area (TPSA) is 160 Å². The van der Waals surface area contributed by atoms with Gasteiger partial charge in [0.25, 0.3) is 11.4 Å². The smallest absolute Gasteiger partial charge is 0.375 e. The molecule has 0 unspecified atom stereocenters. The van der Waals surface area contributed by atoms with E-state index in [1.165, 1.54) is 23.2 Å². The van der Waals surface area contributed by atoms with Crippen molar-refractivity contribution >= 4 is 23.4 Å². The van der Waals surface area contributed by atoms with Gasteiger partial charge in [0.1, 0.15) is 11.7 Å². The molecule has 0 spiro atoms. The molecule has 2 aromatic rings. The maximum Gasteiger partial charge on any atom is 0.415 e. The number of nitro groups is 2. The Morgan fingerprint density at radius 2 is 2.00 bits per heavy atom. The molecular formula is C13H9N5O7. The molecule has 0 radical (unpaired) electrons. The van der Waals surface area contributed by atoms with Crippen LogP contribution in [0.15, 0.2) is 30.7 Å². The summed E-state index contributed by atoms with van der Waals surface area (Å²) in [5.74, 6) is -0.768. The first-order valence-electron chi connectivity index (χ1n) is 6.83. The second-order valence-electron chi connectivity index (χ2n) is 5.05. The fourth-order valence-corrected chi connectivity index (χ4v) is 2.40. The highest BCUT2D eigenvalue weighted by Gasteiger charge is 2.33. The number of hydrogen-bond acceptors (Lipinski definition) is 8. The first-order chi connectivity index (χ1) is 11.9. The Bertz CT molecular complexity index is 906. The fourth-order valence-electron chi connectivity index (χ4n) is 2.40. The average Bonchev–Trinajstić information content (AvgIpc) is 3.13. The minimum absolute atomic E-state index is 0.0152. The summed E-state index contributed by atoms with van der Waals surface area (Å²) in [5, 5.41) is 24.4. The van der Waals surface area contributed by atoms with Crippen molar-refractivity contribution in [2.24, 2.45) is 0 Å². The highest BCUT2D eigenvalue weighted by atomic mass is 16.6. The lowest BCUT2D eigenvalue weighted by molar-refractivity contribution is -0.394. The largest absolute Gasteiger partial charge is 0.415 e. The number of aromatic nitrogens is 2. The van der Waals surface area contributed by atoms with Gasteiger partial charge in [-0.05, 0) is 6.07 Å². The number of alkyl carbamates (subject to hydrolysis) is 1. The van der Waals surface area contributed by atoms with E-state index in [9.17, 15) is 29.8 Å². The molecule has 1 aliphatic heterocycles. The van der Waals surface area contributed by atoms with Crippen molar-refractivity contribution in [3.05, 3.63) is 56.6 Å². The van der Waals surface area contributed by atoms with E-state index in [0.29, 0.717) is 5.69 Å². The number of carbonyl (C=O) groups excluding carboxylic acids is 2. The van der Waals surface area contributed by atoms with Crippen molar-refractivity contribution in [3.8, 4) is 5.69 Å². The van der Waals surface area contributed by atoms with Gasteiger partial charge in [0.15, 0.2) is 0 Å². The third-order valence-electron chi connectivity index (χ3n) is 3.52. The molecule has 25 heavy (non-hydrogen) atoms. The standard InChI is InChI=1S/C13H9N5O7/c19-12-9(15-13(20)25-12)3-8-5-14-6-16(8)10-2-1-7(17(21)22)4-11(10)18(23)24/h1-2,4-6,9H,3H2,(H,15,20)/t9-/m0/s1. The Labute approximate surface area is 138 Å². The van der Waals surface area contributed by atoms with Crippen LogP contribution in [0, 0.1) is 20.2 Å². The van der Waals surface area contributed by atoms with Gasteiger partial charge < -0.3 is 10.1 Å². The summed E-state index contributed by atoms with van der Waals surface area (Å²) in [5.41, 5.74) is -0.503. The summed E-state index contributed by atoms with van der Waals surface area (Å²) in [6, 6.07) is 2.23. The zero-order chi connectivity index (χ0) is 18.1. The highest BCUT2D eigenvalue weighted by molar-refractivity contribution is 5.95. The number of nitrogens with one attached hydrogen (secondary N) is 1. The van der Waals surface area contributed by atoms with Crippen LogP contribution in [-0.2, 0) is 16.0 Å². The van der Waals surface area contributed by atoms with Crippen molar-refractivity contribution in [2.45, 2.75) is 12.5 Å². The number of rotatable bonds is 5. The van der Waals surface area contributed by atoms with E-state index in [1.54, 1.807) is 0 Å². The van der Waals surface area contributed by atoms with Gasteiger partial charge in [0, 0.05) is 24.4 Å². The Hall–Kier alpha value is -3.83. The van der Waals surface area contributed by atoms with Gasteiger partial charge in [-0.1, -0.05) is 0 Å². The van der Waals surface area contributed by atoms with Gasteiger partial charge in [-0.2, -0.15) is 0 Å². The number of esters is 1. The third-order valence-corrected chi connectivity index (χ3v) is 3.52. The van der Waals surface area contributed by atoms with Crippen LogP contribution < -0.4 is 5.32 Å². The van der Waals surface area contributed by atoms with Crippen LogP contribution in [0.2, 0.25) is 0 Å². The number of carbonyl (C=O) groups is 2. The van der Waals surface area contributed by atoms with E-state index in [4.69, 9.17) is 0 Å².